The second-order valence-electron chi connectivity index (χ2n) is 4.12. The molecule has 106 valence electrons. The molecule has 1 fully saturated rings. The number of rotatable bonds is 4. The van der Waals surface area contributed by atoms with Crippen LogP contribution in [-0.2, 0) is 4.74 Å². The molecule has 0 unspecified atom stereocenters. The van der Waals surface area contributed by atoms with Gasteiger partial charge in [0.05, 0.1) is 18.9 Å². The van der Waals surface area contributed by atoms with Crippen LogP contribution in [0.1, 0.15) is 12.6 Å². The quantitative estimate of drug-likeness (QED) is 0.498. The molecule has 2 heterocycles. The van der Waals surface area contributed by atoms with Crippen LogP contribution < -0.4 is 16.5 Å². The van der Waals surface area contributed by atoms with E-state index in [1.165, 1.54) is 7.05 Å². The van der Waals surface area contributed by atoms with E-state index in [1.54, 1.807) is 0 Å². The first-order valence-corrected chi connectivity index (χ1v) is 5.72. The molecular weight excluding hydrogens is 259 g/mol. The van der Waals surface area contributed by atoms with Gasteiger partial charge >= 0.3 is 5.69 Å². The van der Waals surface area contributed by atoms with Gasteiger partial charge in [-0.2, -0.15) is 4.98 Å². The summed E-state index contributed by atoms with van der Waals surface area (Å²) in [5.74, 6) is -0.958. The van der Waals surface area contributed by atoms with Crippen molar-refractivity contribution in [2.24, 2.45) is 0 Å². The molecule has 8 nitrogen and oxygen atoms in total. The van der Waals surface area contributed by atoms with Gasteiger partial charge in [-0.25, -0.2) is 14.6 Å². The number of nitrogens with zero attached hydrogens (tertiary/aromatic N) is 2. The van der Waals surface area contributed by atoms with Crippen LogP contribution in [-0.4, -0.2) is 45.6 Å². The van der Waals surface area contributed by atoms with Gasteiger partial charge in [0.1, 0.15) is 12.3 Å². The monoisotopic (exact) mass is 274 g/mol. The summed E-state index contributed by atoms with van der Waals surface area (Å²) in [6, 6.07) is 0. The number of ether oxygens (including phenoxy) is 1. The van der Waals surface area contributed by atoms with E-state index in [2.05, 4.69) is 15.8 Å². The summed E-state index contributed by atoms with van der Waals surface area (Å²) >= 11 is 0. The van der Waals surface area contributed by atoms with Crippen molar-refractivity contribution >= 4 is 5.82 Å². The molecule has 4 N–H and O–H groups in total. The first kappa shape index (κ1) is 13.9. The van der Waals surface area contributed by atoms with Crippen molar-refractivity contribution in [3.63, 3.8) is 0 Å². The summed E-state index contributed by atoms with van der Waals surface area (Å²) < 4.78 is 19.9. The Labute approximate surface area is 107 Å². The van der Waals surface area contributed by atoms with Crippen LogP contribution in [0.25, 0.3) is 0 Å². The van der Waals surface area contributed by atoms with Crippen LogP contribution in [0.3, 0.4) is 0 Å². The van der Waals surface area contributed by atoms with Crippen molar-refractivity contribution in [2.45, 2.75) is 24.9 Å². The molecule has 19 heavy (non-hydrogen) atoms. The molecule has 0 radical (unpaired) electrons. The first-order chi connectivity index (χ1) is 9.06. The summed E-state index contributed by atoms with van der Waals surface area (Å²) in [7, 11) is 1.51. The van der Waals surface area contributed by atoms with E-state index >= 15 is 0 Å². The number of hydrazine groups is 1. The number of nitrogens with one attached hydrogen (secondary N) is 2. The van der Waals surface area contributed by atoms with Crippen LogP contribution in [0, 0.1) is 5.82 Å². The highest BCUT2D eigenvalue weighted by Gasteiger charge is 2.35. The summed E-state index contributed by atoms with van der Waals surface area (Å²) in [5, 5.41) is 18.5. The van der Waals surface area contributed by atoms with Gasteiger partial charge in [-0.1, -0.05) is 0 Å². The Kier molecular flexibility index (Phi) is 4.10. The van der Waals surface area contributed by atoms with Gasteiger partial charge in [0.25, 0.3) is 0 Å². The third-order valence-corrected chi connectivity index (χ3v) is 2.84. The third-order valence-electron chi connectivity index (χ3n) is 2.84. The molecule has 0 amide bonds. The second-order valence-corrected chi connectivity index (χ2v) is 4.12. The van der Waals surface area contributed by atoms with Crippen LogP contribution >= 0.6 is 0 Å². The van der Waals surface area contributed by atoms with Crippen molar-refractivity contribution in [1.82, 2.24) is 15.0 Å². The lowest BCUT2D eigenvalue weighted by Gasteiger charge is -2.15. The average Bonchev–Trinajstić information content (AvgIpc) is 2.75. The molecule has 0 saturated carbocycles. The fraction of sp³-hybridized carbons (Fsp3) is 0.600. The number of aromatic nitrogens is 2. The second kappa shape index (κ2) is 5.61. The molecule has 0 bridgehead atoms. The first-order valence-electron chi connectivity index (χ1n) is 5.72. The van der Waals surface area contributed by atoms with Crippen molar-refractivity contribution in [3.05, 3.63) is 22.5 Å². The number of anilines is 1. The van der Waals surface area contributed by atoms with Gasteiger partial charge in [-0.3, -0.25) is 4.57 Å². The molecule has 0 spiro atoms. The molecule has 0 aliphatic carbocycles. The van der Waals surface area contributed by atoms with E-state index < -0.39 is 29.9 Å². The van der Waals surface area contributed by atoms with Crippen LogP contribution in [0.15, 0.2) is 11.0 Å². The van der Waals surface area contributed by atoms with Crippen molar-refractivity contribution < 1.29 is 19.3 Å². The zero-order chi connectivity index (χ0) is 14.0. The average molecular weight is 274 g/mol. The van der Waals surface area contributed by atoms with Gasteiger partial charge in [-0.15, -0.1) is 0 Å². The topological polar surface area (TPSA) is 109 Å². The molecule has 1 saturated heterocycles. The fourth-order valence-corrected chi connectivity index (χ4v) is 1.91. The number of aliphatic hydroxyl groups is 2. The van der Waals surface area contributed by atoms with Crippen molar-refractivity contribution in [1.29, 1.82) is 0 Å². The lowest BCUT2D eigenvalue weighted by molar-refractivity contribution is -0.0461. The van der Waals surface area contributed by atoms with Gasteiger partial charge < -0.3 is 20.4 Å². The normalized spacial score (nSPS) is 26.6. The zero-order valence-corrected chi connectivity index (χ0v) is 10.2. The maximum atomic E-state index is 13.7. The Balaban J connectivity index is 2.27. The molecule has 0 aromatic carbocycles. The van der Waals surface area contributed by atoms with E-state index in [9.17, 15) is 14.3 Å². The Hall–Kier alpha value is -1.55. The minimum atomic E-state index is -0.903. The van der Waals surface area contributed by atoms with Gasteiger partial charge in [0.15, 0.2) is 11.6 Å². The van der Waals surface area contributed by atoms with Crippen LogP contribution in [0.4, 0.5) is 10.2 Å². The Bertz CT molecular complexity index is 509. The summed E-state index contributed by atoms with van der Waals surface area (Å²) in [4.78, 5) is 15.3. The highest BCUT2D eigenvalue weighted by Crippen LogP contribution is 2.27. The maximum absolute atomic E-state index is 13.7. The summed E-state index contributed by atoms with van der Waals surface area (Å²) in [6.07, 6.45) is -1.49. The highest BCUT2D eigenvalue weighted by molar-refractivity contribution is 5.32. The van der Waals surface area contributed by atoms with E-state index in [4.69, 9.17) is 9.84 Å². The molecule has 1 aliphatic rings. The number of halogens is 1. The van der Waals surface area contributed by atoms with Crippen molar-refractivity contribution in [3.8, 4) is 0 Å². The lowest BCUT2D eigenvalue weighted by atomic mass is 10.2. The SMILES string of the molecule is CNNc1nc(=O)n([C@H]2C[C@H](O)[C@@H](CO)O2)cc1F. The van der Waals surface area contributed by atoms with Crippen LogP contribution in [0.2, 0.25) is 0 Å². The third kappa shape index (κ3) is 2.73. The summed E-state index contributed by atoms with van der Waals surface area (Å²) in [5.41, 5.74) is 4.13. The lowest BCUT2D eigenvalue weighted by Crippen LogP contribution is -2.30. The minimum Gasteiger partial charge on any atom is -0.394 e. The largest absolute Gasteiger partial charge is 0.394 e. The number of hydrogen-bond acceptors (Lipinski definition) is 7. The highest BCUT2D eigenvalue weighted by atomic mass is 19.1. The van der Waals surface area contributed by atoms with Gasteiger partial charge in [0.2, 0.25) is 0 Å². The minimum absolute atomic E-state index is 0.0883. The predicted molar refractivity (Wildman–Crippen MR) is 62.8 cm³/mol. The van der Waals surface area contributed by atoms with Crippen LogP contribution in [0.5, 0.6) is 0 Å². The molecule has 2 rings (SSSR count). The Morgan fingerprint density at radius 3 is 3.00 bits per heavy atom. The zero-order valence-electron chi connectivity index (χ0n) is 10.2. The van der Waals surface area contributed by atoms with E-state index in [1.807, 2.05) is 0 Å². The fourth-order valence-electron chi connectivity index (χ4n) is 1.91. The molecule has 9 heteroatoms. The maximum Gasteiger partial charge on any atom is 0.351 e. The summed E-state index contributed by atoms with van der Waals surface area (Å²) in [6.45, 7) is -0.373. The van der Waals surface area contributed by atoms with Crippen molar-refractivity contribution in [2.75, 3.05) is 19.1 Å². The standard InChI is InChI=1S/C10H15FN4O4/c1-12-14-9-5(11)3-15(10(18)13-9)8-2-6(17)7(4-16)19-8/h3,6-8,12,16-17H,2,4H2,1H3,(H,13,14,18)/t6-,7+,8+/m0/s1. The van der Waals surface area contributed by atoms with E-state index in [0.717, 1.165) is 10.8 Å². The molecule has 1 aliphatic heterocycles. The van der Waals surface area contributed by atoms with Gasteiger partial charge in [0, 0.05) is 13.5 Å². The number of hydrogen-bond donors (Lipinski definition) is 4. The molecular formula is C10H15FN4O4. The predicted octanol–water partition coefficient (Wildman–Crippen LogP) is -1.43. The Morgan fingerprint density at radius 1 is 1.68 bits per heavy atom. The molecule has 1 aromatic rings. The smallest absolute Gasteiger partial charge is 0.351 e. The van der Waals surface area contributed by atoms with E-state index in [0.29, 0.717) is 0 Å². The molecule has 3 atom stereocenters. The van der Waals surface area contributed by atoms with E-state index in [-0.39, 0.29) is 18.8 Å². The Morgan fingerprint density at radius 2 is 2.42 bits per heavy atom. The molecule has 1 aromatic heterocycles. The number of aliphatic hydroxyl groups excluding tert-OH is 2. The van der Waals surface area contributed by atoms with Gasteiger partial charge in [-0.05, 0) is 0 Å².